The van der Waals surface area contributed by atoms with E-state index < -0.39 is 29.5 Å². The van der Waals surface area contributed by atoms with E-state index in [1.807, 2.05) is 29.7 Å². The summed E-state index contributed by atoms with van der Waals surface area (Å²) in [6, 6.07) is 7.70. The number of ether oxygens (including phenoxy) is 3. The highest BCUT2D eigenvalue weighted by Crippen LogP contribution is 2.46. The fourth-order valence-electron chi connectivity index (χ4n) is 5.19. The average molecular weight is 631 g/mol. The first-order valence-electron chi connectivity index (χ1n) is 14.4. The third-order valence-corrected chi connectivity index (χ3v) is 8.66. The molecule has 1 aliphatic rings. The number of benzene rings is 1. The minimum Gasteiger partial charge on any atom is -0.505 e. The number of carbonyl (C=O) groups is 3. The molecule has 0 radical (unpaired) electrons. The SMILES string of the molecule is C=CCOC(=O)c1sc(N2C(=O)C(=O)C(=C(O)c3nc4c(C)cccn4c3C)C2c2ccc(OCCCC)c(OC)c2)nc1C. The smallest absolute Gasteiger partial charge is 0.350 e. The van der Waals surface area contributed by atoms with Crippen molar-refractivity contribution in [2.45, 2.75) is 46.6 Å². The van der Waals surface area contributed by atoms with Crippen molar-refractivity contribution in [1.29, 1.82) is 0 Å². The second-order valence-corrected chi connectivity index (χ2v) is 11.5. The van der Waals surface area contributed by atoms with E-state index in [4.69, 9.17) is 14.2 Å². The van der Waals surface area contributed by atoms with Crippen LogP contribution in [0.15, 0.2) is 54.8 Å². The lowest BCUT2D eigenvalue weighted by molar-refractivity contribution is -0.132. The van der Waals surface area contributed by atoms with Crippen molar-refractivity contribution in [3.8, 4) is 11.5 Å². The lowest BCUT2D eigenvalue weighted by Crippen LogP contribution is -2.29. The summed E-state index contributed by atoms with van der Waals surface area (Å²) in [6.45, 7) is 11.4. The van der Waals surface area contributed by atoms with Gasteiger partial charge in [-0.25, -0.2) is 14.8 Å². The number of pyridine rings is 1. The van der Waals surface area contributed by atoms with E-state index in [0.29, 0.717) is 40.7 Å². The average Bonchev–Trinajstić information content (AvgIpc) is 3.67. The van der Waals surface area contributed by atoms with Gasteiger partial charge in [-0.15, -0.1) is 0 Å². The van der Waals surface area contributed by atoms with Crippen LogP contribution in [0.1, 0.15) is 63.7 Å². The van der Waals surface area contributed by atoms with Crippen molar-refractivity contribution in [3.05, 3.63) is 87.8 Å². The van der Waals surface area contributed by atoms with E-state index >= 15 is 0 Å². The molecule has 1 atom stereocenters. The highest BCUT2D eigenvalue weighted by molar-refractivity contribution is 7.17. The molecule has 1 unspecified atom stereocenters. The van der Waals surface area contributed by atoms with E-state index in [1.165, 1.54) is 18.1 Å². The van der Waals surface area contributed by atoms with Crippen LogP contribution in [-0.4, -0.2) is 57.5 Å². The van der Waals surface area contributed by atoms with Crippen molar-refractivity contribution < 1.29 is 33.7 Å². The Morgan fingerprint density at radius 2 is 1.93 bits per heavy atom. The number of esters is 1. The lowest BCUT2D eigenvalue weighted by atomic mass is 9.96. The number of thiazole rings is 1. The zero-order chi connectivity index (χ0) is 32.4. The Bertz CT molecular complexity index is 1850. The van der Waals surface area contributed by atoms with Crippen molar-refractivity contribution in [2.75, 3.05) is 25.2 Å². The topological polar surface area (TPSA) is 133 Å². The quantitative estimate of drug-likeness (QED) is 0.0539. The number of methoxy groups -OCH3 is 1. The van der Waals surface area contributed by atoms with Crippen LogP contribution in [-0.2, 0) is 14.3 Å². The van der Waals surface area contributed by atoms with E-state index in [0.717, 1.165) is 29.7 Å². The van der Waals surface area contributed by atoms with Gasteiger partial charge in [-0.05, 0) is 56.5 Å². The first-order valence-corrected chi connectivity index (χ1v) is 15.3. The third-order valence-electron chi connectivity index (χ3n) is 7.52. The van der Waals surface area contributed by atoms with E-state index in [1.54, 1.807) is 32.0 Å². The molecule has 45 heavy (non-hydrogen) atoms. The fraction of sp³-hybridized carbons (Fsp3) is 0.303. The van der Waals surface area contributed by atoms with Crippen LogP contribution >= 0.6 is 11.3 Å². The van der Waals surface area contributed by atoms with Crippen LogP contribution in [0.5, 0.6) is 11.5 Å². The molecule has 1 N–H and O–H groups in total. The maximum Gasteiger partial charge on any atom is 0.350 e. The van der Waals surface area contributed by atoms with Gasteiger partial charge in [0, 0.05) is 6.20 Å². The molecule has 1 aliphatic heterocycles. The van der Waals surface area contributed by atoms with Crippen LogP contribution < -0.4 is 14.4 Å². The van der Waals surface area contributed by atoms with Crippen LogP contribution in [0.25, 0.3) is 11.4 Å². The van der Waals surface area contributed by atoms with E-state index in [2.05, 4.69) is 23.5 Å². The van der Waals surface area contributed by atoms with Crippen LogP contribution in [0, 0.1) is 20.8 Å². The number of fused-ring (bicyclic) bond motifs is 1. The Morgan fingerprint density at radius 3 is 2.62 bits per heavy atom. The lowest BCUT2D eigenvalue weighted by Gasteiger charge is -2.24. The standard InChI is InChI=1S/C33H34N4O7S/c1-7-9-16-43-22-13-12-21(17-23(22)42-6)26-24(27(38)25-20(5)36-14-10-11-18(3)30(36)35-25)28(39)31(40)37(26)33-34-19(4)29(45-33)32(41)44-15-8-2/h8,10-14,17,26,38H,2,7,9,15-16H2,1,3-6H3. The summed E-state index contributed by atoms with van der Waals surface area (Å²) in [4.78, 5) is 50.8. The first kappa shape index (κ1) is 31.5. The van der Waals surface area contributed by atoms with Gasteiger partial charge in [-0.1, -0.05) is 49.5 Å². The molecule has 3 aromatic heterocycles. The number of aryl methyl sites for hydroxylation is 3. The number of unbranched alkanes of at least 4 members (excludes halogenated alkanes) is 1. The second-order valence-electron chi connectivity index (χ2n) is 10.5. The molecule has 4 heterocycles. The molecule has 0 saturated carbocycles. The number of aliphatic hydroxyl groups excluding tert-OH is 1. The predicted octanol–water partition coefficient (Wildman–Crippen LogP) is 5.87. The molecule has 0 aliphatic carbocycles. The van der Waals surface area contributed by atoms with Crippen LogP contribution in [0.2, 0.25) is 0 Å². The molecule has 12 heteroatoms. The number of imidazole rings is 1. The summed E-state index contributed by atoms with van der Waals surface area (Å²) in [5.41, 5.74) is 2.85. The summed E-state index contributed by atoms with van der Waals surface area (Å²) >= 11 is 0.918. The summed E-state index contributed by atoms with van der Waals surface area (Å²) < 4.78 is 18.5. The molecule has 1 saturated heterocycles. The maximum atomic E-state index is 13.8. The summed E-state index contributed by atoms with van der Waals surface area (Å²) in [5, 5.41) is 11.9. The molecule has 11 nitrogen and oxygen atoms in total. The molecule has 4 aromatic rings. The van der Waals surface area contributed by atoms with Gasteiger partial charge in [0.25, 0.3) is 5.78 Å². The van der Waals surface area contributed by atoms with E-state index in [-0.39, 0.29) is 27.9 Å². The Kier molecular flexibility index (Phi) is 9.05. The molecular weight excluding hydrogens is 596 g/mol. The number of ketones is 1. The number of hydrogen-bond donors (Lipinski definition) is 1. The van der Waals surface area contributed by atoms with Gasteiger partial charge in [0.05, 0.1) is 36.7 Å². The Morgan fingerprint density at radius 1 is 1.16 bits per heavy atom. The number of nitrogens with zero attached hydrogens (tertiary/aromatic N) is 4. The van der Waals surface area contributed by atoms with Gasteiger partial charge in [0.15, 0.2) is 22.4 Å². The van der Waals surface area contributed by atoms with Gasteiger partial charge in [-0.2, -0.15) is 0 Å². The molecule has 5 rings (SSSR count). The maximum absolute atomic E-state index is 13.8. The molecule has 0 spiro atoms. The van der Waals surface area contributed by atoms with Gasteiger partial charge in [0.2, 0.25) is 0 Å². The number of rotatable bonds is 11. The fourth-order valence-corrected chi connectivity index (χ4v) is 6.18. The highest BCUT2D eigenvalue weighted by atomic mass is 32.1. The van der Waals surface area contributed by atoms with Gasteiger partial charge in [-0.3, -0.25) is 14.5 Å². The summed E-state index contributed by atoms with van der Waals surface area (Å²) in [5.74, 6) is -2.01. The second kappa shape index (κ2) is 12.9. The zero-order valence-corrected chi connectivity index (χ0v) is 26.6. The minimum atomic E-state index is -1.13. The number of aliphatic hydroxyl groups is 1. The highest BCUT2D eigenvalue weighted by Gasteiger charge is 2.49. The molecule has 1 amide bonds. The number of amides is 1. The monoisotopic (exact) mass is 630 g/mol. The van der Waals surface area contributed by atoms with Crippen LogP contribution in [0.3, 0.4) is 0 Å². The van der Waals surface area contributed by atoms with Crippen molar-refractivity contribution in [2.24, 2.45) is 0 Å². The normalized spacial score (nSPS) is 15.9. The number of aromatic nitrogens is 3. The van der Waals surface area contributed by atoms with Crippen molar-refractivity contribution >= 4 is 45.5 Å². The van der Waals surface area contributed by atoms with Crippen molar-refractivity contribution in [1.82, 2.24) is 14.4 Å². The van der Waals surface area contributed by atoms with Gasteiger partial charge < -0.3 is 23.7 Å². The Hall–Kier alpha value is -4.97. The van der Waals surface area contributed by atoms with E-state index in [9.17, 15) is 19.5 Å². The molecule has 1 aromatic carbocycles. The molecule has 234 valence electrons. The van der Waals surface area contributed by atoms with Gasteiger partial charge >= 0.3 is 11.9 Å². The molecule has 0 bridgehead atoms. The molecular formula is C33H34N4O7S. The number of hydrogen-bond acceptors (Lipinski definition) is 10. The summed E-state index contributed by atoms with van der Waals surface area (Å²) in [6.07, 6.45) is 5.06. The predicted molar refractivity (Wildman–Crippen MR) is 170 cm³/mol. The Labute approximate surface area is 264 Å². The zero-order valence-electron chi connectivity index (χ0n) is 25.7. The molecule has 1 fully saturated rings. The minimum absolute atomic E-state index is 0.000326. The number of carbonyl (C=O) groups excluding carboxylic acids is 3. The summed E-state index contributed by atoms with van der Waals surface area (Å²) in [7, 11) is 1.50. The third kappa shape index (κ3) is 5.68. The number of anilines is 1. The Balaban J connectivity index is 1.70. The number of Topliss-reactive ketones (excluding diaryl/α,β-unsaturated/α-hetero) is 1. The van der Waals surface area contributed by atoms with Crippen LogP contribution in [0.4, 0.5) is 5.13 Å². The van der Waals surface area contributed by atoms with Crippen molar-refractivity contribution in [3.63, 3.8) is 0 Å². The van der Waals surface area contributed by atoms with Gasteiger partial charge in [0.1, 0.15) is 22.8 Å². The largest absolute Gasteiger partial charge is 0.505 e. The first-order chi connectivity index (χ1) is 21.6.